The van der Waals surface area contributed by atoms with Crippen LogP contribution in [0.25, 0.3) is 34.0 Å². The van der Waals surface area contributed by atoms with Crippen LogP contribution in [-0.4, -0.2) is 14.4 Å². The Labute approximate surface area is 101 Å². The highest BCUT2D eigenvalue weighted by Crippen LogP contribution is 2.21. The minimum Gasteiger partial charge on any atom is -0.317 e. The molecule has 0 aliphatic carbocycles. The maximum atomic E-state index is 11.9. The molecule has 1 N–H and O–H groups in total. The van der Waals surface area contributed by atoms with Crippen molar-refractivity contribution in [2.24, 2.45) is 0 Å². The maximum absolute atomic E-state index is 11.9. The molecule has 0 radical (unpaired) electrons. The van der Waals surface area contributed by atoms with E-state index in [1.54, 1.807) is 16.8 Å². The van der Waals surface area contributed by atoms with Crippen molar-refractivity contribution in [3.63, 3.8) is 0 Å². The number of rotatable bonds is 0. The van der Waals surface area contributed by atoms with Crippen LogP contribution in [0.1, 0.15) is 0 Å². The Morgan fingerprint density at radius 2 is 2.00 bits per heavy atom. The summed E-state index contributed by atoms with van der Waals surface area (Å²) in [6.07, 6.45) is 3.42. The third-order valence-electron chi connectivity index (χ3n) is 3.37. The first-order valence-electron chi connectivity index (χ1n) is 5.66. The molecule has 0 aliphatic heterocycles. The molecule has 2 heterocycles. The molecule has 0 fully saturated rings. The molecule has 4 rings (SSSR count). The molecule has 0 atom stereocenters. The first kappa shape index (κ1) is 9.41. The van der Waals surface area contributed by atoms with Crippen molar-refractivity contribution < 1.29 is 0 Å². The number of benzene rings is 1. The van der Waals surface area contributed by atoms with Gasteiger partial charge in [-0.3, -0.25) is 9.20 Å². The average Bonchev–Trinajstić information content (AvgIpc) is 2.95. The average molecular weight is 235 g/mol. The third-order valence-corrected chi connectivity index (χ3v) is 3.37. The Kier molecular flexibility index (Phi) is 1.56. The molecule has 18 heavy (non-hydrogen) atoms. The summed E-state index contributed by atoms with van der Waals surface area (Å²) in [5, 5.41) is 2.99. The molecular weight excluding hydrogens is 226 g/mol. The van der Waals surface area contributed by atoms with E-state index in [0.29, 0.717) is 5.65 Å². The fourth-order valence-corrected chi connectivity index (χ4v) is 2.58. The summed E-state index contributed by atoms with van der Waals surface area (Å²) in [5.41, 5.74) is 1.97. The number of fused-ring (bicyclic) bond motifs is 5. The van der Waals surface area contributed by atoms with Gasteiger partial charge in [-0.25, -0.2) is 4.98 Å². The maximum Gasteiger partial charge on any atom is 0.292 e. The predicted molar refractivity (Wildman–Crippen MR) is 71.6 cm³/mol. The molecule has 0 saturated carbocycles. The van der Waals surface area contributed by atoms with Crippen LogP contribution in [0.3, 0.4) is 0 Å². The number of aromatic amines is 1. The molecule has 0 bridgehead atoms. The van der Waals surface area contributed by atoms with E-state index in [-0.39, 0.29) is 5.56 Å². The predicted octanol–water partition coefficient (Wildman–Crippen LogP) is 1.46. The number of H-pyrrole nitrogens is 1. The number of hydrogen-bond acceptors (Lipinski definition) is 2. The number of imidazole rings is 1. The van der Waals surface area contributed by atoms with Gasteiger partial charge in [0, 0.05) is 23.0 Å². The highest BCUT2D eigenvalue weighted by molar-refractivity contribution is 6.09. The summed E-state index contributed by atoms with van der Waals surface area (Å²) in [6.45, 7) is 4.13. The second-order valence-corrected chi connectivity index (χ2v) is 4.32. The Morgan fingerprint density at radius 1 is 1.22 bits per heavy atom. The quantitative estimate of drug-likeness (QED) is 0.501. The lowest BCUT2D eigenvalue weighted by Crippen LogP contribution is -2.12. The first-order valence-corrected chi connectivity index (χ1v) is 5.66. The minimum atomic E-state index is -0.178. The zero-order chi connectivity index (χ0) is 12.3. The van der Waals surface area contributed by atoms with Gasteiger partial charge in [0.2, 0.25) is 5.65 Å². The summed E-state index contributed by atoms with van der Waals surface area (Å²) in [6, 6.07) is 7.93. The molecular formula is C14H9N3O. The van der Waals surface area contributed by atoms with Crippen LogP contribution in [0.15, 0.2) is 41.5 Å². The van der Waals surface area contributed by atoms with Crippen molar-refractivity contribution in [3.8, 4) is 0 Å². The van der Waals surface area contributed by atoms with Gasteiger partial charge in [0.15, 0.2) is 0 Å². The van der Waals surface area contributed by atoms with Crippen molar-refractivity contribution in [1.29, 1.82) is 0 Å². The standard InChI is InChI=1S/C14H9N3O/c1-8-9-4-2-3-5-10(9)11-12(8)17-7-6-15-13(17)14(18)16-11/h2-7H,1H2,(H,16,18). The van der Waals surface area contributed by atoms with Crippen LogP contribution in [0.2, 0.25) is 0 Å². The van der Waals surface area contributed by atoms with Crippen molar-refractivity contribution >= 4 is 34.0 Å². The SMILES string of the molecule is C=c1c2ccccc2c2[nH]c(=O)c3nccn3c12. The van der Waals surface area contributed by atoms with E-state index in [1.807, 2.05) is 24.3 Å². The van der Waals surface area contributed by atoms with E-state index >= 15 is 0 Å². The molecule has 4 nitrogen and oxygen atoms in total. The fourth-order valence-electron chi connectivity index (χ4n) is 2.58. The number of nitrogens with zero attached hydrogens (tertiary/aromatic N) is 2. The second kappa shape index (κ2) is 2.98. The summed E-state index contributed by atoms with van der Waals surface area (Å²) in [4.78, 5) is 18.9. The Balaban J connectivity index is 2.52. The second-order valence-electron chi connectivity index (χ2n) is 4.32. The van der Waals surface area contributed by atoms with Crippen LogP contribution in [0, 0.1) is 0 Å². The fraction of sp³-hybridized carbons (Fsp3) is 0. The van der Waals surface area contributed by atoms with Crippen molar-refractivity contribution in [3.05, 3.63) is 52.2 Å². The lowest BCUT2D eigenvalue weighted by molar-refractivity contribution is 1.17. The number of hydrogen-bond donors (Lipinski definition) is 1. The van der Waals surface area contributed by atoms with Crippen molar-refractivity contribution in [2.75, 3.05) is 0 Å². The molecule has 4 aromatic rings. The number of aromatic nitrogens is 3. The highest BCUT2D eigenvalue weighted by atomic mass is 16.1. The lowest BCUT2D eigenvalue weighted by Gasteiger charge is -1.96. The Morgan fingerprint density at radius 3 is 2.83 bits per heavy atom. The van der Waals surface area contributed by atoms with Crippen LogP contribution < -0.4 is 10.8 Å². The van der Waals surface area contributed by atoms with Gasteiger partial charge in [0.05, 0.1) is 11.0 Å². The molecule has 0 amide bonds. The van der Waals surface area contributed by atoms with Gasteiger partial charge in [-0.2, -0.15) is 0 Å². The van der Waals surface area contributed by atoms with Gasteiger partial charge < -0.3 is 4.98 Å². The monoisotopic (exact) mass is 235 g/mol. The van der Waals surface area contributed by atoms with Gasteiger partial charge >= 0.3 is 0 Å². The zero-order valence-electron chi connectivity index (χ0n) is 9.47. The van der Waals surface area contributed by atoms with E-state index in [1.165, 1.54) is 0 Å². The zero-order valence-corrected chi connectivity index (χ0v) is 9.47. The van der Waals surface area contributed by atoms with E-state index in [9.17, 15) is 4.79 Å². The molecule has 0 saturated heterocycles. The minimum absolute atomic E-state index is 0.178. The van der Waals surface area contributed by atoms with E-state index in [0.717, 1.165) is 27.0 Å². The van der Waals surface area contributed by atoms with E-state index < -0.39 is 0 Å². The molecule has 4 heteroatoms. The molecule has 2 aromatic carbocycles. The topological polar surface area (TPSA) is 50.2 Å². The van der Waals surface area contributed by atoms with Crippen LogP contribution >= 0.6 is 0 Å². The number of nitrogens with one attached hydrogen (secondary N) is 1. The Bertz CT molecular complexity index is 1010. The summed E-state index contributed by atoms with van der Waals surface area (Å²) < 4.78 is 1.80. The molecule has 86 valence electrons. The van der Waals surface area contributed by atoms with Crippen molar-refractivity contribution in [1.82, 2.24) is 14.4 Å². The lowest BCUT2D eigenvalue weighted by atomic mass is 10.2. The van der Waals surface area contributed by atoms with Crippen LogP contribution in [-0.2, 0) is 0 Å². The first-order chi connectivity index (χ1) is 8.77. The van der Waals surface area contributed by atoms with Gasteiger partial charge in [-0.05, 0) is 5.39 Å². The highest BCUT2D eigenvalue weighted by Gasteiger charge is 2.11. The van der Waals surface area contributed by atoms with Crippen molar-refractivity contribution in [2.45, 2.75) is 0 Å². The van der Waals surface area contributed by atoms with Gasteiger partial charge in [-0.1, -0.05) is 30.8 Å². The smallest absolute Gasteiger partial charge is 0.292 e. The molecule has 0 aliphatic rings. The third kappa shape index (κ3) is 0.953. The Hall–Kier alpha value is -2.62. The van der Waals surface area contributed by atoms with Crippen LogP contribution in [0.5, 0.6) is 0 Å². The van der Waals surface area contributed by atoms with Crippen LogP contribution in [0.4, 0.5) is 0 Å². The molecule has 0 spiro atoms. The molecule has 2 aromatic heterocycles. The van der Waals surface area contributed by atoms with E-state index in [4.69, 9.17) is 0 Å². The summed E-state index contributed by atoms with van der Waals surface area (Å²) in [5.74, 6) is 0. The largest absolute Gasteiger partial charge is 0.317 e. The van der Waals surface area contributed by atoms with Gasteiger partial charge in [-0.15, -0.1) is 0 Å². The normalized spacial score (nSPS) is 11.8. The molecule has 0 unspecified atom stereocenters. The van der Waals surface area contributed by atoms with Gasteiger partial charge in [0.1, 0.15) is 0 Å². The summed E-state index contributed by atoms with van der Waals surface area (Å²) >= 11 is 0. The van der Waals surface area contributed by atoms with Gasteiger partial charge in [0.25, 0.3) is 5.56 Å². The summed E-state index contributed by atoms with van der Waals surface area (Å²) in [7, 11) is 0. The van der Waals surface area contributed by atoms with E-state index in [2.05, 4.69) is 16.5 Å².